The van der Waals surface area contributed by atoms with Gasteiger partial charge in [0.05, 0.1) is 12.6 Å². The van der Waals surface area contributed by atoms with Crippen molar-refractivity contribution in [2.45, 2.75) is 44.7 Å². The molecule has 0 heterocycles. The van der Waals surface area contributed by atoms with Crippen molar-refractivity contribution in [3.05, 3.63) is 0 Å². The van der Waals surface area contributed by atoms with E-state index >= 15 is 0 Å². The Morgan fingerprint density at radius 3 is 2.33 bits per heavy atom. The topological polar surface area (TPSA) is 89.4 Å². The third kappa shape index (κ3) is 3.20. The molecule has 5 nitrogen and oxygen atoms in total. The van der Waals surface area contributed by atoms with E-state index in [-0.39, 0.29) is 18.5 Å². The SMILES string of the molecule is C[C@H](N)C(=O)N(CC(N)=O)C1CCCC1. The molecular weight excluding hydrogens is 194 g/mol. The van der Waals surface area contributed by atoms with E-state index in [1.54, 1.807) is 11.8 Å². The number of primary amides is 1. The smallest absolute Gasteiger partial charge is 0.239 e. The van der Waals surface area contributed by atoms with Crippen LogP contribution in [0.15, 0.2) is 0 Å². The van der Waals surface area contributed by atoms with Crippen LogP contribution >= 0.6 is 0 Å². The fourth-order valence-electron chi connectivity index (χ4n) is 2.03. The van der Waals surface area contributed by atoms with Crippen molar-refractivity contribution in [1.29, 1.82) is 0 Å². The first-order valence-electron chi connectivity index (χ1n) is 5.36. The highest BCUT2D eigenvalue weighted by Crippen LogP contribution is 2.23. The van der Waals surface area contributed by atoms with E-state index < -0.39 is 11.9 Å². The van der Waals surface area contributed by atoms with E-state index in [1.165, 1.54) is 0 Å². The molecule has 0 saturated heterocycles. The van der Waals surface area contributed by atoms with Gasteiger partial charge in [-0.25, -0.2) is 0 Å². The lowest BCUT2D eigenvalue weighted by Gasteiger charge is -2.29. The number of carbonyl (C=O) groups excluding carboxylic acids is 2. The number of hydrogen-bond acceptors (Lipinski definition) is 3. The molecule has 0 aromatic carbocycles. The molecule has 1 atom stereocenters. The van der Waals surface area contributed by atoms with Crippen molar-refractivity contribution in [2.24, 2.45) is 11.5 Å². The zero-order chi connectivity index (χ0) is 11.4. The van der Waals surface area contributed by atoms with Gasteiger partial charge in [-0.05, 0) is 19.8 Å². The van der Waals surface area contributed by atoms with Gasteiger partial charge in [0.25, 0.3) is 0 Å². The Morgan fingerprint density at radius 1 is 1.40 bits per heavy atom. The zero-order valence-electron chi connectivity index (χ0n) is 9.11. The fourth-order valence-corrected chi connectivity index (χ4v) is 2.03. The molecule has 1 aliphatic rings. The third-order valence-corrected chi connectivity index (χ3v) is 2.76. The van der Waals surface area contributed by atoms with E-state index in [4.69, 9.17) is 11.5 Å². The monoisotopic (exact) mass is 213 g/mol. The maximum absolute atomic E-state index is 11.8. The van der Waals surface area contributed by atoms with E-state index in [2.05, 4.69) is 0 Å². The molecule has 2 amide bonds. The van der Waals surface area contributed by atoms with Crippen LogP contribution in [0.1, 0.15) is 32.6 Å². The van der Waals surface area contributed by atoms with Gasteiger partial charge in [0.2, 0.25) is 11.8 Å². The van der Waals surface area contributed by atoms with E-state index in [1.807, 2.05) is 0 Å². The van der Waals surface area contributed by atoms with Crippen molar-refractivity contribution in [3.8, 4) is 0 Å². The van der Waals surface area contributed by atoms with Crippen molar-refractivity contribution < 1.29 is 9.59 Å². The molecule has 4 N–H and O–H groups in total. The Balaban J connectivity index is 2.67. The summed E-state index contributed by atoms with van der Waals surface area (Å²) < 4.78 is 0. The number of nitrogens with two attached hydrogens (primary N) is 2. The summed E-state index contributed by atoms with van der Waals surface area (Å²) in [6, 6.07) is -0.416. The second-order valence-corrected chi connectivity index (χ2v) is 4.16. The first-order chi connectivity index (χ1) is 7.02. The molecule has 0 spiro atoms. The number of carbonyl (C=O) groups is 2. The van der Waals surface area contributed by atoms with Crippen LogP contribution in [-0.4, -0.2) is 35.3 Å². The first kappa shape index (κ1) is 12.0. The van der Waals surface area contributed by atoms with Crippen LogP contribution in [0.4, 0.5) is 0 Å². The van der Waals surface area contributed by atoms with Gasteiger partial charge >= 0.3 is 0 Å². The van der Waals surface area contributed by atoms with Crippen molar-refractivity contribution >= 4 is 11.8 Å². The van der Waals surface area contributed by atoms with Crippen LogP contribution in [0.25, 0.3) is 0 Å². The van der Waals surface area contributed by atoms with Gasteiger partial charge in [0.15, 0.2) is 0 Å². The predicted molar refractivity (Wildman–Crippen MR) is 56.8 cm³/mol. The second kappa shape index (κ2) is 5.11. The molecule has 1 rings (SSSR count). The molecule has 1 saturated carbocycles. The molecule has 0 aliphatic heterocycles. The Kier molecular flexibility index (Phi) is 4.08. The summed E-state index contributed by atoms with van der Waals surface area (Å²) in [4.78, 5) is 24.2. The highest BCUT2D eigenvalue weighted by atomic mass is 16.2. The standard InChI is InChI=1S/C10H19N3O2/c1-7(11)10(15)13(6-9(12)14)8-4-2-3-5-8/h7-8H,2-6,11H2,1H3,(H2,12,14)/t7-/m0/s1. The summed E-state index contributed by atoms with van der Waals surface area (Å²) in [5, 5.41) is 0. The summed E-state index contributed by atoms with van der Waals surface area (Å²) in [5.74, 6) is -0.656. The van der Waals surface area contributed by atoms with Gasteiger partial charge in [-0.2, -0.15) is 0 Å². The van der Waals surface area contributed by atoms with E-state index in [0.717, 1.165) is 25.7 Å². The average Bonchev–Trinajstić information content (AvgIpc) is 2.65. The van der Waals surface area contributed by atoms with Gasteiger partial charge in [-0.15, -0.1) is 0 Å². The lowest BCUT2D eigenvalue weighted by Crippen LogP contribution is -2.50. The molecule has 1 aliphatic carbocycles. The summed E-state index contributed by atoms with van der Waals surface area (Å²) in [6.07, 6.45) is 4.11. The maximum atomic E-state index is 11.8. The lowest BCUT2D eigenvalue weighted by molar-refractivity contribution is -0.138. The van der Waals surface area contributed by atoms with Crippen molar-refractivity contribution in [3.63, 3.8) is 0 Å². The minimum Gasteiger partial charge on any atom is -0.368 e. The van der Waals surface area contributed by atoms with Gasteiger partial charge in [-0.1, -0.05) is 12.8 Å². The minimum absolute atomic E-state index is 0.00889. The molecule has 1 fully saturated rings. The van der Waals surface area contributed by atoms with E-state index in [9.17, 15) is 9.59 Å². The quantitative estimate of drug-likeness (QED) is 0.665. The first-order valence-corrected chi connectivity index (χ1v) is 5.36. The largest absolute Gasteiger partial charge is 0.368 e. The average molecular weight is 213 g/mol. The van der Waals surface area contributed by atoms with Gasteiger partial charge < -0.3 is 16.4 Å². The Labute approximate surface area is 89.8 Å². The zero-order valence-corrected chi connectivity index (χ0v) is 9.11. The van der Waals surface area contributed by atoms with E-state index in [0.29, 0.717) is 0 Å². The Bertz CT molecular complexity index is 247. The van der Waals surface area contributed by atoms with Crippen molar-refractivity contribution in [2.75, 3.05) is 6.54 Å². The van der Waals surface area contributed by atoms with Gasteiger partial charge in [0, 0.05) is 6.04 Å². The maximum Gasteiger partial charge on any atom is 0.239 e. The third-order valence-electron chi connectivity index (χ3n) is 2.76. The van der Waals surface area contributed by atoms with Crippen LogP contribution in [-0.2, 0) is 9.59 Å². The molecule has 0 bridgehead atoms. The fraction of sp³-hybridized carbons (Fsp3) is 0.800. The highest BCUT2D eigenvalue weighted by Gasteiger charge is 2.29. The molecule has 0 aromatic rings. The number of nitrogens with zero attached hydrogens (tertiary/aromatic N) is 1. The number of amides is 2. The molecule has 0 aromatic heterocycles. The molecule has 0 radical (unpaired) electrons. The van der Waals surface area contributed by atoms with Crippen LogP contribution in [0.2, 0.25) is 0 Å². The second-order valence-electron chi connectivity index (χ2n) is 4.16. The number of rotatable bonds is 4. The lowest BCUT2D eigenvalue weighted by atomic mass is 10.1. The number of hydrogen-bond donors (Lipinski definition) is 2. The Hall–Kier alpha value is -1.10. The minimum atomic E-state index is -0.565. The molecule has 5 heteroatoms. The summed E-state index contributed by atoms with van der Waals surface area (Å²) >= 11 is 0. The molecular formula is C10H19N3O2. The molecule has 15 heavy (non-hydrogen) atoms. The molecule has 86 valence electrons. The summed E-state index contributed by atoms with van der Waals surface area (Å²) in [7, 11) is 0. The van der Waals surface area contributed by atoms with Crippen LogP contribution in [0.3, 0.4) is 0 Å². The Morgan fingerprint density at radius 2 is 1.93 bits per heavy atom. The highest BCUT2D eigenvalue weighted by molar-refractivity contribution is 5.86. The van der Waals surface area contributed by atoms with Crippen LogP contribution in [0, 0.1) is 0 Å². The van der Waals surface area contributed by atoms with Gasteiger partial charge in [0.1, 0.15) is 0 Å². The normalized spacial score (nSPS) is 18.8. The predicted octanol–water partition coefficient (Wildman–Crippen LogP) is -0.410. The molecule has 0 unspecified atom stereocenters. The van der Waals surface area contributed by atoms with Crippen LogP contribution in [0.5, 0.6) is 0 Å². The summed E-state index contributed by atoms with van der Waals surface area (Å²) in [6.45, 7) is 1.62. The summed E-state index contributed by atoms with van der Waals surface area (Å²) in [5.41, 5.74) is 10.7. The van der Waals surface area contributed by atoms with Crippen molar-refractivity contribution in [1.82, 2.24) is 4.90 Å². The van der Waals surface area contributed by atoms with Crippen LogP contribution < -0.4 is 11.5 Å². The van der Waals surface area contributed by atoms with Gasteiger partial charge in [-0.3, -0.25) is 9.59 Å².